The standard InChI is InChI=1S/C55H56O28/c1-72-35-15-24(3-11-30(35)58)5-13-41(63)74-22-39-46(68)48(70)52(83-54-51(44(66)32(60)21-76-54)82-42(64)14-6-25-4-12-31(59)36(16-25)73-2)55(81-39)79-37-19-29-33(77-50(37)26-7-9-27(56)10-8-26)17-28(57)18-34(29)78-53-49(71)47(69)45(67)38(80-53)23-75-43(65)20-40(61)62/h3-19,32,38-39,44-49,51-55,60,66-71H,20-23H2,1-2H3,(H4-,56,57,58,59,61,62,63,64)/p+1/t32-,38?,39?,44+,45-,46-,47+,48?,49?,51?,52-,53-,54+,55-/m1/s1. The van der Waals surface area contributed by atoms with Crippen LogP contribution in [-0.4, -0.2) is 205 Å². The molecule has 0 saturated carbocycles. The van der Waals surface area contributed by atoms with E-state index in [2.05, 4.69) is 0 Å². The second kappa shape index (κ2) is 26.7. The SMILES string of the molecule is COc1cc(/C=C/C(=O)OCC2O[C@@H](Oc3cc4c(O[C@@H]5OC(COC(=O)CC(=O)O)[C@@H](O)[C@H](O)C5O)cc(O)cc4[o+]c3-c3ccc(O)cc3)[C@H](O[C@@H]3OC[C@@H](O)[C@H](O)C3OC(=O)/C=C/c3ccc(O)c(OC)c3)C(O)[C@@H]2O)ccc1O. The average molecular weight is 1170 g/mol. The summed E-state index contributed by atoms with van der Waals surface area (Å²) in [5, 5.41) is 128. The van der Waals surface area contributed by atoms with E-state index in [1.54, 1.807) is 0 Å². The molecule has 28 nitrogen and oxygen atoms in total. The first-order valence-corrected chi connectivity index (χ1v) is 25.1. The molecule has 5 unspecified atom stereocenters. The van der Waals surface area contributed by atoms with E-state index in [0.29, 0.717) is 11.1 Å². The van der Waals surface area contributed by atoms with Crippen LogP contribution in [0.25, 0.3) is 34.4 Å². The molecule has 0 radical (unpaired) electrons. The number of carboxylic acids is 1. The van der Waals surface area contributed by atoms with E-state index in [0.717, 1.165) is 24.3 Å². The van der Waals surface area contributed by atoms with Crippen molar-refractivity contribution in [2.75, 3.05) is 34.0 Å². The number of carbonyl (C=O) groups excluding carboxylic acids is 3. The molecule has 0 aliphatic carbocycles. The Morgan fingerprint density at radius 2 is 1.18 bits per heavy atom. The first-order valence-electron chi connectivity index (χ1n) is 25.1. The Balaban J connectivity index is 1.14. The van der Waals surface area contributed by atoms with Crippen LogP contribution in [-0.2, 0) is 52.3 Å². The van der Waals surface area contributed by atoms with Crippen molar-refractivity contribution in [3.63, 3.8) is 0 Å². The minimum Gasteiger partial charge on any atom is -0.508 e. The molecule has 83 heavy (non-hydrogen) atoms. The molecule has 5 aromatic rings. The fourth-order valence-corrected chi connectivity index (χ4v) is 8.68. The number of aliphatic hydroxyl groups excluding tert-OH is 7. The van der Waals surface area contributed by atoms with Crippen LogP contribution < -0.4 is 18.9 Å². The fraction of sp³-hybridized carbons (Fsp3) is 0.364. The first-order chi connectivity index (χ1) is 39.6. The number of aromatic hydroxyl groups is 4. The molecule has 0 amide bonds. The number of methoxy groups -OCH3 is 2. The largest absolute Gasteiger partial charge is 0.508 e. The summed E-state index contributed by atoms with van der Waals surface area (Å²) >= 11 is 0. The van der Waals surface area contributed by atoms with Gasteiger partial charge in [0.05, 0.1) is 32.5 Å². The summed E-state index contributed by atoms with van der Waals surface area (Å²) in [5.74, 6) is -6.70. The molecule has 14 atom stereocenters. The number of fused-ring (bicyclic) bond motifs is 1. The van der Waals surface area contributed by atoms with Crippen LogP contribution in [0.1, 0.15) is 17.5 Å². The molecule has 3 saturated heterocycles. The first kappa shape index (κ1) is 60.7. The smallest absolute Gasteiger partial charge is 0.402 e. The van der Waals surface area contributed by atoms with Crippen LogP contribution in [0.5, 0.6) is 46.0 Å². The number of carbonyl (C=O) groups is 4. The van der Waals surface area contributed by atoms with Crippen molar-refractivity contribution >= 4 is 47.0 Å². The Hall–Kier alpha value is -8.39. The second-order valence-corrected chi connectivity index (χ2v) is 18.8. The van der Waals surface area contributed by atoms with Crippen molar-refractivity contribution in [3.8, 4) is 57.3 Å². The summed E-state index contributed by atoms with van der Waals surface area (Å²) in [4.78, 5) is 49.6. The molecule has 3 aliphatic rings. The number of hydrogen-bond donors (Lipinski definition) is 12. The van der Waals surface area contributed by atoms with Crippen LogP contribution in [0.3, 0.4) is 0 Å². The highest BCUT2D eigenvalue weighted by molar-refractivity contribution is 5.91. The molecule has 0 spiro atoms. The maximum Gasteiger partial charge on any atom is 0.402 e. The van der Waals surface area contributed by atoms with Gasteiger partial charge in [-0.2, -0.15) is 0 Å². The summed E-state index contributed by atoms with van der Waals surface area (Å²) in [6.07, 6.45) is -23.2. The lowest BCUT2D eigenvalue weighted by Crippen LogP contribution is -2.64. The van der Waals surface area contributed by atoms with E-state index in [1.807, 2.05) is 0 Å². The van der Waals surface area contributed by atoms with Gasteiger partial charge in [0.2, 0.25) is 18.3 Å². The molecule has 3 fully saturated rings. The fourth-order valence-electron chi connectivity index (χ4n) is 8.68. The van der Waals surface area contributed by atoms with Crippen molar-refractivity contribution < 1.29 is 137 Å². The number of aliphatic hydroxyl groups is 7. The topological polar surface area (TPSA) is 424 Å². The Morgan fingerprint density at radius 3 is 1.81 bits per heavy atom. The van der Waals surface area contributed by atoms with Gasteiger partial charge >= 0.3 is 35.2 Å². The molecular formula is C55H57O28+. The van der Waals surface area contributed by atoms with E-state index in [9.17, 15) is 75.3 Å². The maximum atomic E-state index is 13.4. The summed E-state index contributed by atoms with van der Waals surface area (Å²) in [5.41, 5.74) is 0.735. The van der Waals surface area contributed by atoms with Crippen molar-refractivity contribution in [2.24, 2.45) is 0 Å². The number of rotatable bonds is 20. The van der Waals surface area contributed by atoms with Gasteiger partial charge in [-0.05, 0) is 71.8 Å². The van der Waals surface area contributed by atoms with Gasteiger partial charge in [-0.15, -0.1) is 0 Å². The zero-order valence-electron chi connectivity index (χ0n) is 43.6. The zero-order chi connectivity index (χ0) is 59.8. The van der Waals surface area contributed by atoms with Crippen LogP contribution in [0, 0.1) is 0 Å². The predicted octanol–water partition coefficient (Wildman–Crippen LogP) is 0.595. The summed E-state index contributed by atoms with van der Waals surface area (Å²) in [6.45, 7) is -2.24. The third-order valence-corrected chi connectivity index (χ3v) is 13.0. The van der Waals surface area contributed by atoms with Gasteiger partial charge in [0.15, 0.2) is 41.5 Å². The molecule has 8 rings (SSSR count). The predicted molar refractivity (Wildman–Crippen MR) is 276 cm³/mol. The summed E-state index contributed by atoms with van der Waals surface area (Å²) in [7, 11) is 2.63. The Labute approximate surface area is 468 Å². The quantitative estimate of drug-likeness (QED) is 0.0167. The number of phenolic OH excluding ortho intramolecular Hbond substituents is 4. The normalized spacial score (nSPS) is 27.2. The molecular weight excluding hydrogens is 1110 g/mol. The highest BCUT2D eigenvalue weighted by Gasteiger charge is 2.52. The van der Waals surface area contributed by atoms with Gasteiger partial charge in [0.1, 0.15) is 97.2 Å². The Morgan fingerprint density at radius 1 is 0.590 bits per heavy atom. The minimum atomic E-state index is -2.13. The van der Waals surface area contributed by atoms with Crippen LogP contribution in [0.15, 0.2) is 95.4 Å². The van der Waals surface area contributed by atoms with E-state index < -0.39 is 142 Å². The molecule has 1 aromatic heterocycles. The van der Waals surface area contributed by atoms with E-state index in [1.165, 1.54) is 93.1 Å². The Bertz CT molecular complexity index is 3180. The number of carboxylic acid groups (broad SMARTS) is 1. The van der Waals surface area contributed by atoms with E-state index >= 15 is 0 Å². The van der Waals surface area contributed by atoms with Crippen molar-refractivity contribution in [3.05, 3.63) is 102 Å². The van der Waals surface area contributed by atoms with Gasteiger partial charge in [0, 0.05) is 24.3 Å². The highest BCUT2D eigenvalue weighted by atomic mass is 16.8. The third kappa shape index (κ3) is 14.6. The zero-order valence-corrected chi connectivity index (χ0v) is 43.6. The number of benzene rings is 4. The van der Waals surface area contributed by atoms with Gasteiger partial charge in [-0.25, -0.2) is 14.0 Å². The second-order valence-electron chi connectivity index (χ2n) is 18.8. The molecule has 12 N–H and O–H groups in total. The number of ether oxygens (including phenoxy) is 11. The van der Waals surface area contributed by atoms with E-state index in [4.69, 9.17) is 61.6 Å². The van der Waals surface area contributed by atoms with Gasteiger partial charge < -0.3 is 113 Å². The maximum absolute atomic E-state index is 13.4. The average Bonchev–Trinajstić information content (AvgIpc) is 3.64. The lowest BCUT2D eigenvalue weighted by Gasteiger charge is -2.45. The highest BCUT2D eigenvalue weighted by Crippen LogP contribution is 2.43. The lowest BCUT2D eigenvalue weighted by molar-refractivity contribution is -0.345. The van der Waals surface area contributed by atoms with Crippen molar-refractivity contribution in [1.82, 2.24) is 0 Å². The molecule has 28 heteroatoms. The van der Waals surface area contributed by atoms with Gasteiger partial charge in [-0.3, -0.25) is 9.59 Å². The number of hydrogen-bond acceptors (Lipinski definition) is 26. The molecule has 4 aromatic carbocycles. The minimum absolute atomic E-state index is 0.0789. The third-order valence-electron chi connectivity index (χ3n) is 13.0. The van der Waals surface area contributed by atoms with Gasteiger partial charge in [0.25, 0.3) is 0 Å². The molecule has 3 aliphatic heterocycles. The summed E-state index contributed by atoms with van der Waals surface area (Å²) in [6, 6.07) is 17.0. The van der Waals surface area contributed by atoms with Crippen LogP contribution in [0.4, 0.5) is 0 Å². The molecule has 4 heterocycles. The van der Waals surface area contributed by atoms with Crippen molar-refractivity contribution in [2.45, 2.75) is 92.4 Å². The van der Waals surface area contributed by atoms with Crippen molar-refractivity contribution in [1.29, 1.82) is 0 Å². The Kier molecular flexibility index (Phi) is 19.5. The monoisotopic (exact) mass is 1170 g/mol. The number of aliphatic carboxylic acids is 1. The molecule has 444 valence electrons. The van der Waals surface area contributed by atoms with Crippen LogP contribution >= 0.6 is 0 Å². The molecule has 0 bridgehead atoms. The summed E-state index contributed by atoms with van der Waals surface area (Å²) < 4.78 is 68.7. The van der Waals surface area contributed by atoms with Crippen LogP contribution in [0.2, 0.25) is 0 Å². The van der Waals surface area contributed by atoms with E-state index in [-0.39, 0.29) is 62.5 Å². The number of esters is 3. The lowest BCUT2D eigenvalue weighted by atomic mass is 9.98. The van der Waals surface area contributed by atoms with Gasteiger partial charge in [-0.1, -0.05) is 12.1 Å². The number of phenols is 4.